The summed E-state index contributed by atoms with van der Waals surface area (Å²) < 4.78 is 0. The van der Waals surface area contributed by atoms with E-state index >= 15 is 0 Å². The summed E-state index contributed by atoms with van der Waals surface area (Å²) in [4.78, 5) is 26.2. The van der Waals surface area contributed by atoms with E-state index in [1.54, 1.807) is 0 Å². The summed E-state index contributed by atoms with van der Waals surface area (Å²) in [5.41, 5.74) is 3.04. The van der Waals surface area contributed by atoms with Crippen molar-refractivity contribution in [3.05, 3.63) is 83.9 Å². The highest BCUT2D eigenvalue weighted by Crippen LogP contribution is 2.35. The van der Waals surface area contributed by atoms with Gasteiger partial charge in [-0.2, -0.15) is 0 Å². The molecule has 4 heteroatoms. The number of benzene rings is 2. The molecule has 1 aliphatic heterocycles. The zero-order valence-electron chi connectivity index (χ0n) is 16.4. The Morgan fingerprint density at radius 2 is 1.86 bits per heavy atom. The van der Waals surface area contributed by atoms with Gasteiger partial charge in [0.05, 0.1) is 0 Å². The van der Waals surface area contributed by atoms with E-state index in [4.69, 9.17) is 0 Å². The van der Waals surface area contributed by atoms with Crippen LogP contribution in [0.3, 0.4) is 0 Å². The summed E-state index contributed by atoms with van der Waals surface area (Å²) in [5.74, 6) is 0.887. The van der Waals surface area contributed by atoms with E-state index in [0.717, 1.165) is 31.5 Å². The maximum absolute atomic E-state index is 13.0. The van der Waals surface area contributed by atoms with Gasteiger partial charge in [-0.25, -0.2) is 0 Å². The van der Waals surface area contributed by atoms with Gasteiger partial charge in [-0.1, -0.05) is 62.4 Å². The third-order valence-electron chi connectivity index (χ3n) is 5.63. The highest BCUT2D eigenvalue weighted by molar-refractivity contribution is 5.94. The van der Waals surface area contributed by atoms with Crippen molar-refractivity contribution in [3.63, 3.8) is 0 Å². The molecule has 0 spiro atoms. The second-order valence-corrected chi connectivity index (χ2v) is 7.34. The Morgan fingerprint density at radius 3 is 2.50 bits per heavy atom. The van der Waals surface area contributed by atoms with Crippen LogP contribution in [0, 0.1) is 5.92 Å². The molecule has 0 radical (unpaired) electrons. The van der Waals surface area contributed by atoms with E-state index in [1.165, 1.54) is 11.6 Å². The Balaban J connectivity index is 1.63. The fourth-order valence-corrected chi connectivity index (χ4v) is 3.98. The molecular formula is C24H28N2O2. The minimum atomic E-state index is -0.202. The molecule has 0 bridgehead atoms. The first kappa shape index (κ1) is 19.9. The van der Waals surface area contributed by atoms with Crippen LogP contribution in [0.5, 0.6) is 0 Å². The molecule has 0 aliphatic carbocycles. The summed E-state index contributed by atoms with van der Waals surface area (Å²) in [6.07, 6.45) is 3.31. The fraction of sp³-hybridized carbons (Fsp3) is 0.333. The molecular weight excluding hydrogens is 348 g/mol. The predicted octanol–water partition coefficient (Wildman–Crippen LogP) is 4.14. The van der Waals surface area contributed by atoms with Gasteiger partial charge in [-0.05, 0) is 47.6 Å². The third-order valence-corrected chi connectivity index (χ3v) is 5.63. The topological polar surface area (TPSA) is 49.4 Å². The number of hydrogen-bond acceptors (Lipinski definition) is 2. The molecule has 1 N–H and O–H groups in total. The van der Waals surface area contributed by atoms with Crippen LogP contribution in [-0.4, -0.2) is 29.8 Å². The lowest BCUT2D eigenvalue weighted by Gasteiger charge is -2.38. The Hall–Kier alpha value is -2.88. The summed E-state index contributed by atoms with van der Waals surface area (Å²) in [5, 5.41) is 2.74. The molecule has 2 amide bonds. The maximum Gasteiger partial charge on any atom is 0.253 e. The number of piperidine rings is 1. The lowest BCUT2D eigenvalue weighted by molar-refractivity contribution is -0.116. The van der Waals surface area contributed by atoms with Crippen LogP contribution < -0.4 is 5.32 Å². The highest BCUT2D eigenvalue weighted by atomic mass is 16.2. The number of carbonyl (C=O) groups is 2. The van der Waals surface area contributed by atoms with Crippen molar-refractivity contribution in [3.8, 4) is 0 Å². The largest absolute Gasteiger partial charge is 0.348 e. The Labute approximate surface area is 167 Å². The number of amides is 2. The third kappa shape index (κ3) is 4.69. The molecule has 1 heterocycles. The van der Waals surface area contributed by atoms with Gasteiger partial charge >= 0.3 is 0 Å². The number of nitrogens with zero attached hydrogens (tertiary/aromatic N) is 1. The van der Waals surface area contributed by atoms with Gasteiger partial charge in [-0.3, -0.25) is 9.59 Å². The molecule has 1 fully saturated rings. The van der Waals surface area contributed by atoms with Gasteiger partial charge < -0.3 is 10.2 Å². The summed E-state index contributed by atoms with van der Waals surface area (Å²) in [6.45, 7) is 7.66. The minimum absolute atomic E-state index is 0.0895. The quantitative estimate of drug-likeness (QED) is 0.770. The molecule has 4 nitrogen and oxygen atoms in total. The first-order chi connectivity index (χ1) is 13.6. The number of nitrogens with one attached hydrogen (secondary N) is 1. The van der Waals surface area contributed by atoms with Gasteiger partial charge in [0.25, 0.3) is 5.91 Å². The Morgan fingerprint density at radius 1 is 1.14 bits per heavy atom. The van der Waals surface area contributed by atoms with E-state index in [0.29, 0.717) is 23.9 Å². The Kier molecular flexibility index (Phi) is 6.64. The molecule has 2 aromatic rings. The lowest BCUT2D eigenvalue weighted by Crippen LogP contribution is -2.42. The first-order valence-corrected chi connectivity index (χ1v) is 9.95. The smallest absolute Gasteiger partial charge is 0.253 e. The van der Waals surface area contributed by atoms with Crippen molar-refractivity contribution in [2.24, 2.45) is 5.92 Å². The minimum Gasteiger partial charge on any atom is -0.348 e. The van der Waals surface area contributed by atoms with E-state index < -0.39 is 0 Å². The highest BCUT2D eigenvalue weighted by Gasteiger charge is 2.31. The lowest BCUT2D eigenvalue weighted by atomic mass is 9.79. The van der Waals surface area contributed by atoms with Gasteiger partial charge in [0.15, 0.2) is 0 Å². The van der Waals surface area contributed by atoms with E-state index in [1.807, 2.05) is 29.2 Å². The van der Waals surface area contributed by atoms with Crippen LogP contribution in [0.25, 0.3) is 0 Å². The number of likely N-dealkylation sites (tertiary alicyclic amines) is 1. The van der Waals surface area contributed by atoms with Gasteiger partial charge in [0.1, 0.15) is 0 Å². The van der Waals surface area contributed by atoms with Crippen molar-refractivity contribution >= 4 is 11.8 Å². The zero-order chi connectivity index (χ0) is 19.9. The van der Waals surface area contributed by atoms with E-state index in [9.17, 15) is 9.59 Å². The van der Waals surface area contributed by atoms with Crippen LogP contribution in [0.1, 0.15) is 47.2 Å². The molecule has 2 unspecified atom stereocenters. The Bertz CT molecular complexity index is 814. The monoisotopic (exact) mass is 376 g/mol. The molecule has 0 saturated carbocycles. The first-order valence-electron chi connectivity index (χ1n) is 9.95. The van der Waals surface area contributed by atoms with Gasteiger partial charge in [-0.15, -0.1) is 0 Å². The van der Waals surface area contributed by atoms with Crippen LogP contribution in [-0.2, 0) is 11.3 Å². The molecule has 146 valence electrons. The average molecular weight is 377 g/mol. The predicted molar refractivity (Wildman–Crippen MR) is 112 cm³/mol. The van der Waals surface area contributed by atoms with Crippen LogP contribution >= 0.6 is 0 Å². The number of hydrogen-bond donors (Lipinski definition) is 1. The zero-order valence-corrected chi connectivity index (χ0v) is 16.4. The normalized spacial score (nSPS) is 19.1. The second-order valence-electron chi connectivity index (χ2n) is 7.34. The molecule has 0 aromatic heterocycles. The number of rotatable bonds is 6. The number of carbonyl (C=O) groups excluding carboxylic acids is 2. The molecule has 2 aromatic carbocycles. The standard InChI is InChI=1S/C24H28N2O2/c1-3-19-17-26(15-14-22(19)20-8-6-5-7-9-20)24(28)21-12-10-18(11-13-21)16-25-23(27)4-2/h4-13,19,22H,2-3,14-17H2,1H3,(H,25,27). The van der Waals surface area contributed by atoms with E-state index in [2.05, 4.69) is 49.2 Å². The van der Waals surface area contributed by atoms with Crippen molar-refractivity contribution in [1.82, 2.24) is 10.2 Å². The average Bonchev–Trinajstić information content (AvgIpc) is 2.77. The van der Waals surface area contributed by atoms with Crippen LogP contribution in [0.4, 0.5) is 0 Å². The van der Waals surface area contributed by atoms with Crippen molar-refractivity contribution in [1.29, 1.82) is 0 Å². The summed E-state index contributed by atoms with van der Waals surface area (Å²) >= 11 is 0. The van der Waals surface area contributed by atoms with Crippen molar-refractivity contribution in [2.75, 3.05) is 13.1 Å². The van der Waals surface area contributed by atoms with Crippen molar-refractivity contribution in [2.45, 2.75) is 32.2 Å². The summed E-state index contributed by atoms with van der Waals surface area (Å²) in [6, 6.07) is 18.1. The molecule has 1 saturated heterocycles. The maximum atomic E-state index is 13.0. The SMILES string of the molecule is C=CC(=O)NCc1ccc(C(=O)N2CCC(c3ccccc3)C(CC)C2)cc1. The van der Waals surface area contributed by atoms with Crippen LogP contribution in [0.2, 0.25) is 0 Å². The van der Waals surface area contributed by atoms with Crippen molar-refractivity contribution < 1.29 is 9.59 Å². The molecule has 1 aliphatic rings. The molecule has 28 heavy (non-hydrogen) atoms. The van der Waals surface area contributed by atoms with Crippen LogP contribution in [0.15, 0.2) is 67.3 Å². The van der Waals surface area contributed by atoms with E-state index in [-0.39, 0.29) is 11.8 Å². The fourth-order valence-electron chi connectivity index (χ4n) is 3.98. The molecule has 3 rings (SSSR count). The van der Waals surface area contributed by atoms with Gasteiger partial charge in [0, 0.05) is 25.2 Å². The molecule has 2 atom stereocenters. The second kappa shape index (κ2) is 9.36. The summed E-state index contributed by atoms with van der Waals surface area (Å²) in [7, 11) is 0. The van der Waals surface area contributed by atoms with Gasteiger partial charge in [0.2, 0.25) is 5.91 Å².